The van der Waals surface area contributed by atoms with Crippen LogP contribution >= 0.6 is 11.6 Å². The van der Waals surface area contributed by atoms with Crippen LogP contribution in [0.3, 0.4) is 0 Å². The SMILES string of the molecule is CC1CCC(CCl)O1. The fourth-order valence-electron chi connectivity index (χ4n) is 0.999. The molecule has 0 N–H and O–H groups in total. The summed E-state index contributed by atoms with van der Waals surface area (Å²) in [6, 6.07) is 0. The first kappa shape index (κ1) is 6.37. The molecule has 1 rings (SSSR count). The predicted octanol–water partition coefficient (Wildman–Crippen LogP) is 1.79. The van der Waals surface area contributed by atoms with Crippen LogP contribution in [0.2, 0.25) is 0 Å². The van der Waals surface area contributed by atoms with E-state index in [1.807, 2.05) is 0 Å². The van der Waals surface area contributed by atoms with Crippen molar-refractivity contribution in [3.63, 3.8) is 0 Å². The Morgan fingerprint density at radius 3 is 2.62 bits per heavy atom. The summed E-state index contributed by atoms with van der Waals surface area (Å²) >= 11 is 5.55. The molecule has 0 aromatic heterocycles. The lowest BCUT2D eigenvalue weighted by molar-refractivity contribution is 0.0692. The second-order valence-electron chi connectivity index (χ2n) is 2.30. The van der Waals surface area contributed by atoms with Crippen LogP contribution in [0.25, 0.3) is 0 Å². The third-order valence-corrected chi connectivity index (χ3v) is 1.84. The van der Waals surface area contributed by atoms with Gasteiger partial charge in [-0.25, -0.2) is 0 Å². The van der Waals surface area contributed by atoms with Gasteiger partial charge >= 0.3 is 0 Å². The minimum absolute atomic E-state index is 0.340. The molecule has 1 fully saturated rings. The molecule has 2 heteroatoms. The summed E-state index contributed by atoms with van der Waals surface area (Å²) in [4.78, 5) is 0. The van der Waals surface area contributed by atoms with Crippen LogP contribution in [0, 0.1) is 0 Å². The van der Waals surface area contributed by atoms with Crippen LogP contribution in [-0.2, 0) is 4.74 Å². The van der Waals surface area contributed by atoms with E-state index in [1.165, 1.54) is 6.42 Å². The zero-order chi connectivity index (χ0) is 5.98. The van der Waals surface area contributed by atoms with Crippen molar-refractivity contribution in [2.75, 3.05) is 5.88 Å². The smallest absolute Gasteiger partial charge is 0.0714 e. The molecule has 2 unspecified atom stereocenters. The highest BCUT2D eigenvalue weighted by atomic mass is 35.5. The van der Waals surface area contributed by atoms with Crippen LogP contribution in [0.15, 0.2) is 0 Å². The Kier molecular flexibility index (Phi) is 2.15. The quantitative estimate of drug-likeness (QED) is 0.497. The maximum absolute atomic E-state index is 5.55. The van der Waals surface area contributed by atoms with Crippen LogP contribution in [0.1, 0.15) is 19.8 Å². The molecule has 0 bridgehead atoms. The van der Waals surface area contributed by atoms with E-state index >= 15 is 0 Å². The summed E-state index contributed by atoms with van der Waals surface area (Å²) in [5.74, 6) is 0.657. The van der Waals surface area contributed by atoms with Crippen molar-refractivity contribution in [1.29, 1.82) is 0 Å². The Balaban J connectivity index is 2.22. The molecular weight excluding hydrogens is 124 g/mol. The summed E-state index contributed by atoms with van der Waals surface area (Å²) in [6.07, 6.45) is 3.10. The van der Waals surface area contributed by atoms with Gasteiger partial charge in [-0.2, -0.15) is 0 Å². The van der Waals surface area contributed by atoms with Gasteiger partial charge in [-0.15, -0.1) is 11.6 Å². The van der Waals surface area contributed by atoms with Crippen LogP contribution in [-0.4, -0.2) is 18.1 Å². The monoisotopic (exact) mass is 134 g/mol. The summed E-state index contributed by atoms with van der Waals surface area (Å²) in [5.41, 5.74) is 0. The molecule has 1 saturated heterocycles. The highest BCUT2D eigenvalue weighted by molar-refractivity contribution is 6.18. The summed E-state index contributed by atoms with van der Waals surface area (Å²) < 4.78 is 5.38. The van der Waals surface area contributed by atoms with Gasteiger partial charge < -0.3 is 4.74 Å². The van der Waals surface area contributed by atoms with Gasteiger partial charge in [0.2, 0.25) is 0 Å². The van der Waals surface area contributed by atoms with Gasteiger partial charge in [-0.1, -0.05) is 0 Å². The van der Waals surface area contributed by atoms with Crippen LogP contribution in [0.5, 0.6) is 0 Å². The first-order chi connectivity index (χ1) is 3.83. The fraction of sp³-hybridized carbons (Fsp3) is 1.00. The Morgan fingerprint density at radius 2 is 2.38 bits per heavy atom. The average molecular weight is 135 g/mol. The molecule has 0 aromatic carbocycles. The minimum atomic E-state index is 0.340. The molecule has 2 atom stereocenters. The Labute approximate surface area is 55.0 Å². The van der Waals surface area contributed by atoms with Crippen LogP contribution in [0.4, 0.5) is 0 Å². The first-order valence-electron chi connectivity index (χ1n) is 3.04. The van der Waals surface area contributed by atoms with Gasteiger partial charge in [0.15, 0.2) is 0 Å². The molecule has 0 aliphatic carbocycles. The van der Waals surface area contributed by atoms with Gasteiger partial charge in [0.1, 0.15) is 0 Å². The van der Waals surface area contributed by atoms with Crippen molar-refractivity contribution in [3.05, 3.63) is 0 Å². The van der Waals surface area contributed by atoms with E-state index in [1.54, 1.807) is 0 Å². The molecule has 0 aromatic rings. The molecular formula is C6H11ClO. The topological polar surface area (TPSA) is 9.23 Å². The average Bonchev–Trinajstić information content (AvgIpc) is 2.14. The lowest BCUT2D eigenvalue weighted by Crippen LogP contribution is -2.08. The maximum atomic E-state index is 5.55. The van der Waals surface area contributed by atoms with E-state index in [9.17, 15) is 0 Å². The van der Waals surface area contributed by atoms with E-state index in [0.29, 0.717) is 18.1 Å². The molecule has 1 nitrogen and oxygen atoms in total. The number of rotatable bonds is 1. The molecule has 0 radical (unpaired) electrons. The van der Waals surface area contributed by atoms with Crippen molar-refractivity contribution in [2.24, 2.45) is 0 Å². The van der Waals surface area contributed by atoms with E-state index in [4.69, 9.17) is 16.3 Å². The third kappa shape index (κ3) is 1.36. The Bertz CT molecular complexity index is 74.9. The fourth-order valence-corrected chi connectivity index (χ4v) is 1.23. The zero-order valence-corrected chi connectivity index (χ0v) is 5.82. The largest absolute Gasteiger partial charge is 0.374 e. The molecule has 1 heterocycles. The van der Waals surface area contributed by atoms with E-state index in [2.05, 4.69) is 6.92 Å². The molecule has 0 amide bonds. The van der Waals surface area contributed by atoms with E-state index in [-0.39, 0.29) is 0 Å². The molecule has 1 aliphatic heterocycles. The number of ether oxygens (including phenoxy) is 1. The number of halogens is 1. The summed E-state index contributed by atoms with van der Waals surface area (Å²) in [7, 11) is 0. The highest BCUT2D eigenvalue weighted by Gasteiger charge is 2.19. The van der Waals surface area contributed by atoms with Crippen molar-refractivity contribution in [2.45, 2.75) is 32.0 Å². The third-order valence-electron chi connectivity index (χ3n) is 1.49. The normalized spacial score (nSPS) is 38.2. The van der Waals surface area contributed by atoms with Crippen molar-refractivity contribution >= 4 is 11.6 Å². The van der Waals surface area contributed by atoms with Gasteiger partial charge in [0, 0.05) is 5.88 Å². The predicted molar refractivity (Wildman–Crippen MR) is 34.3 cm³/mol. The lowest BCUT2D eigenvalue weighted by atomic mass is 10.2. The van der Waals surface area contributed by atoms with Gasteiger partial charge in [-0.3, -0.25) is 0 Å². The van der Waals surface area contributed by atoms with Crippen molar-refractivity contribution in [3.8, 4) is 0 Å². The molecule has 0 spiro atoms. The second kappa shape index (κ2) is 2.70. The Morgan fingerprint density at radius 1 is 1.62 bits per heavy atom. The molecule has 8 heavy (non-hydrogen) atoms. The zero-order valence-electron chi connectivity index (χ0n) is 5.06. The van der Waals surface area contributed by atoms with Gasteiger partial charge in [0.25, 0.3) is 0 Å². The standard InChI is InChI=1S/C6H11ClO/c1-5-2-3-6(4-7)8-5/h5-6H,2-4H2,1H3. The number of hydrogen-bond donors (Lipinski definition) is 0. The van der Waals surface area contributed by atoms with Gasteiger partial charge in [-0.05, 0) is 19.8 Å². The van der Waals surface area contributed by atoms with Crippen LogP contribution < -0.4 is 0 Å². The second-order valence-corrected chi connectivity index (χ2v) is 2.61. The number of hydrogen-bond acceptors (Lipinski definition) is 1. The highest BCUT2D eigenvalue weighted by Crippen LogP contribution is 2.19. The molecule has 1 aliphatic rings. The summed E-state index contributed by atoms with van der Waals surface area (Å²) in [6.45, 7) is 2.09. The Hall–Kier alpha value is 0.250. The van der Waals surface area contributed by atoms with Crippen molar-refractivity contribution in [1.82, 2.24) is 0 Å². The van der Waals surface area contributed by atoms with E-state index in [0.717, 1.165) is 6.42 Å². The lowest BCUT2D eigenvalue weighted by Gasteiger charge is -2.04. The number of alkyl halides is 1. The maximum Gasteiger partial charge on any atom is 0.0714 e. The molecule has 48 valence electrons. The molecule has 0 saturated carbocycles. The summed E-state index contributed by atoms with van der Waals surface area (Å²) in [5, 5.41) is 0. The first-order valence-corrected chi connectivity index (χ1v) is 3.58. The van der Waals surface area contributed by atoms with Gasteiger partial charge in [0.05, 0.1) is 12.2 Å². The van der Waals surface area contributed by atoms with E-state index < -0.39 is 0 Å². The van der Waals surface area contributed by atoms with Crippen molar-refractivity contribution < 1.29 is 4.74 Å². The minimum Gasteiger partial charge on any atom is -0.374 e.